The van der Waals surface area contributed by atoms with Crippen molar-refractivity contribution in [1.82, 2.24) is 34.9 Å². The molecule has 4 aromatic heterocycles. The summed E-state index contributed by atoms with van der Waals surface area (Å²) < 4.78 is 0. The first kappa shape index (κ1) is 30.8. The fraction of sp³-hybridized carbons (Fsp3) is 0.375. The average Bonchev–Trinajstić information content (AvgIpc) is 3.27. The molecule has 17 heteroatoms. The highest BCUT2D eigenvalue weighted by Gasteiger charge is 2.18. The largest absolute Gasteiger partial charge is 0.369 e. The van der Waals surface area contributed by atoms with Gasteiger partial charge in [-0.15, -0.1) is 0 Å². The van der Waals surface area contributed by atoms with Crippen molar-refractivity contribution in [1.29, 1.82) is 0 Å². The number of fused-ring (bicyclic) bond motifs is 3. The van der Waals surface area contributed by atoms with Crippen molar-refractivity contribution in [2.24, 2.45) is 5.84 Å². The first-order valence-corrected chi connectivity index (χ1v) is 13.2. The van der Waals surface area contributed by atoms with E-state index in [9.17, 15) is 19.2 Å². The molecule has 0 aliphatic heterocycles. The average molecular weight is 589 g/mol. The van der Waals surface area contributed by atoms with Crippen molar-refractivity contribution < 1.29 is 4.79 Å². The van der Waals surface area contributed by atoms with Crippen LogP contribution in [0.3, 0.4) is 0 Å². The summed E-state index contributed by atoms with van der Waals surface area (Å²) in [6.45, 7) is 0. The number of aryl methyl sites for hydroxylation is 2. The van der Waals surface area contributed by atoms with Gasteiger partial charge in [-0.1, -0.05) is 18.0 Å². The van der Waals surface area contributed by atoms with Crippen molar-refractivity contribution >= 4 is 52.1 Å². The topological polar surface area (TPSA) is 286 Å². The van der Waals surface area contributed by atoms with Crippen LogP contribution in [0, 0.1) is 0 Å². The van der Waals surface area contributed by atoms with Gasteiger partial charge in [0.15, 0.2) is 0 Å². The third kappa shape index (κ3) is 9.47. The first-order chi connectivity index (χ1) is 19.5. The van der Waals surface area contributed by atoms with Gasteiger partial charge in [-0.25, -0.2) is 10.8 Å². The van der Waals surface area contributed by atoms with Crippen molar-refractivity contribution in [3.05, 3.63) is 59.6 Å². The quantitative estimate of drug-likeness (QED) is 0.0850. The van der Waals surface area contributed by atoms with E-state index in [1.54, 1.807) is 0 Å². The van der Waals surface area contributed by atoms with Gasteiger partial charge in [0.05, 0.1) is 5.39 Å². The van der Waals surface area contributed by atoms with Crippen molar-refractivity contribution in [2.75, 3.05) is 22.6 Å². The second kappa shape index (κ2) is 14.6. The maximum atomic E-state index is 11.7. The highest BCUT2D eigenvalue weighted by atomic mass is 35.5. The lowest BCUT2D eigenvalue weighted by atomic mass is 9.96. The van der Waals surface area contributed by atoms with Crippen LogP contribution in [0.2, 0.25) is 5.15 Å². The Morgan fingerprint density at radius 3 is 1.85 bits per heavy atom. The molecule has 0 radical (unpaired) electrons. The monoisotopic (exact) mass is 588 g/mol. The van der Waals surface area contributed by atoms with Gasteiger partial charge < -0.3 is 27.6 Å². The molecule has 6 rings (SSSR count). The summed E-state index contributed by atoms with van der Waals surface area (Å²) in [4.78, 5) is 64.7. The number of halogens is 1. The van der Waals surface area contributed by atoms with E-state index in [-0.39, 0.29) is 45.5 Å². The van der Waals surface area contributed by atoms with Crippen molar-refractivity contribution in [2.45, 2.75) is 57.8 Å². The SMILES string of the molecule is NNc1cc(=O)[nH]c(N)n1.Nc1nc(Cl)cc(=O)[nH]1.Nc1nc2[nH]c3c(c2c(=O)[nH]1)CCCC3.O=C1CCCCC1. The summed E-state index contributed by atoms with van der Waals surface area (Å²) in [5.74, 6) is 5.93. The lowest BCUT2D eigenvalue weighted by Gasteiger charge is -2.09. The highest BCUT2D eigenvalue weighted by molar-refractivity contribution is 6.29. The van der Waals surface area contributed by atoms with Crippen LogP contribution < -0.4 is 45.1 Å². The molecule has 16 nitrogen and oxygen atoms in total. The molecule has 1 saturated carbocycles. The Labute approximate surface area is 237 Å². The van der Waals surface area contributed by atoms with E-state index in [1.165, 1.54) is 18.9 Å². The molecule has 2 aliphatic rings. The standard InChI is InChI=1S/C10H12N4O.C6H10O.C4H4ClN3O.C4H7N5O/c11-10-13-8-7(9(15)14-10)5-3-1-2-4-6(5)12-8;7-6-4-2-1-3-5-6;5-2-1-3(9)8-4(6)7-2;5-4-7-2(9-6)1-3(10)8-4/h1-4H2,(H4,11,12,13,14,15);1-5H2;1H,(H3,6,7,8,9);1H,6H2,(H4,5,7,8,9,10). The number of anilines is 4. The van der Waals surface area contributed by atoms with Crippen LogP contribution in [0.1, 0.15) is 56.2 Å². The molecular formula is C24H33ClN12O4. The Morgan fingerprint density at radius 2 is 1.29 bits per heavy atom. The van der Waals surface area contributed by atoms with Gasteiger partial charge in [-0.2, -0.15) is 9.97 Å². The van der Waals surface area contributed by atoms with E-state index >= 15 is 0 Å². The molecule has 220 valence electrons. The number of ketones is 1. The maximum Gasteiger partial charge on any atom is 0.262 e. The molecular weight excluding hydrogens is 556 g/mol. The molecule has 4 aromatic rings. The molecule has 41 heavy (non-hydrogen) atoms. The number of aromatic amines is 4. The minimum absolute atomic E-state index is 0.0347. The van der Waals surface area contributed by atoms with Gasteiger partial charge in [-0.05, 0) is 44.1 Å². The predicted molar refractivity (Wildman–Crippen MR) is 157 cm³/mol. The number of nitrogens with two attached hydrogens (primary N) is 4. The lowest BCUT2D eigenvalue weighted by molar-refractivity contribution is -0.120. The lowest BCUT2D eigenvalue weighted by Crippen LogP contribution is -2.16. The Morgan fingerprint density at radius 1 is 0.707 bits per heavy atom. The number of aromatic nitrogens is 7. The Hall–Kier alpha value is -4.70. The second-order valence-corrected chi connectivity index (χ2v) is 9.56. The molecule has 0 bridgehead atoms. The molecule has 0 unspecified atom stereocenters. The van der Waals surface area contributed by atoms with Crippen LogP contribution in [0.25, 0.3) is 11.0 Å². The molecule has 1 fully saturated rings. The number of rotatable bonds is 1. The number of carbonyl (C=O) groups excluding carboxylic acids is 1. The number of hydrazine groups is 1. The van der Waals surface area contributed by atoms with E-state index in [0.717, 1.165) is 62.3 Å². The van der Waals surface area contributed by atoms with Crippen LogP contribution >= 0.6 is 11.6 Å². The van der Waals surface area contributed by atoms with Crippen LogP contribution in [0.15, 0.2) is 26.5 Å². The number of nitrogens with one attached hydrogen (secondary N) is 5. The molecule has 13 N–H and O–H groups in total. The molecule has 0 saturated heterocycles. The van der Waals surface area contributed by atoms with E-state index in [0.29, 0.717) is 16.8 Å². The molecule has 0 spiro atoms. The van der Waals surface area contributed by atoms with Gasteiger partial charge in [0.1, 0.15) is 22.4 Å². The molecule has 4 heterocycles. The van der Waals surface area contributed by atoms with E-state index < -0.39 is 0 Å². The van der Waals surface area contributed by atoms with Crippen molar-refractivity contribution in [3.63, 3.8) is 0 Å². The molecule has 0 atom stereocenters. The zero-order valence-corrected chi connectivity index (χ0v) is 22.9. The van der Waals surface area contributed by atoms with E-state index in [2.05, 4.69) is 40.3 Å². The summed E-state index contributed by atoms with van der Waals surface area (Å²) in [5.41, 5.74) is 20.1. The van der Waals surface area contributed by atoms with Crippen LogP contribution in [0.5, 0.6) is 0 Å². The second-order valence-electron chi connectivity index (χ2n) is 9.18. The normalized spacial score (nSPS) is 13.9. The van der Waals surface area contributed by atoms with E-state index in [1.807, 2.05) is 0 Å². The number of carbonyl (C=O) groups is 1. The summed E-state index contributed by atoms with van der Waals surface area (Å²) in [6, 6.07) is 2.36. The predicted octanol–water partition coefficient (Wildman–Crippen LogP) is 0.875. The van der Waals surface area contributed by atoms with Gasteiger partial charge in [-0.3, -0.25) is 34.1 Å². The van der Waals surface area contributed by atoms with E-state index in [4.69, 9.17) is 34.6 Å². The summed E-state index contributed by atoms with van der Waals surface area (Å²) >= 11 is 5.34. The smallest absolute Gasteiger partial charge is 0.262 e. The summed E-state index contributed by atoms with van der Waals surface area (Å²) in [7, 11) is 0. The Bertz CT molecular complexity index is 1630. The number of H-pyrrole nitrogens is 4. The molecule has 2 aliphatic carbocycles. The Balaban J connectivity index is 0.000000157. The third-order valence-electron chi connectivity index (χ3n) is 6.02. The number of hydrogen-bond donors (Lipinski definition) is 9. The summed E-state index contributed by atoms with van der Waals surface area (Å²) in [5, 5.41) is 0.801. The van der Waals surface area contributed by atoms with Crippen molar-refractivity contribution in [3.8, 4) is 0 Å². The first-order valence-electron chi connectivity index (χ1n) is 12.8. The van der Waals surface area contributed by atoms with Gasteiger partial charge in [0.2, 0.25) is 17.8 Å². The number of hydrogen-bond acceptors (Lipinski definition) is 12. The number of Topliss-reactive ketones (excluding diaryl/α,β-unsaturated/α-hetero) is 1. The molecule has 0 amide bonds. The number of nitrogens with zero attached hydrogens (tertiary/aromatic N) is 3. The maximum absolute atomic E-state index is 11.7. The number of nitrogen functional groups attached to an aromatic ring is 4. The zero-order valence-electron chi connectivity index (χ0n) is 22.2. The third-order valence-corrected chi connectivity index (χ3v) is 6.22. The highest BCUT2D eigenvalue weighted by Crippen LogP contribution is 2.25. The minimum Gasteiger partial charge on any atom is -0.369 e. The van der Waals surface area contributed by atoms with Crippen LogP contribution in [0.4, 0.5) is 23.7 Å². The fourth-order valence-electron chi connectivity index (χ4n) is 4.27. The van der Waals surface area contributed by atoms with Crippen LogP contribution in [-0.4, -0.2) is 40.7 Å². The zero-order chi connectivity index (χ0) is 29.9. The Kier molecular flexibility index (Phi) is 11.0. The van der Waals surface area contributed by atoms with Crippen LogP contribution in [-0.2, 0) is 17.6 Å². The van der Waals surface area contributed by atoms with Gasteiger partial charge >= 0.3 is 0 Å². The van der Waals surface area contributed by atoms with Gasteiger partial charge in [0.25, 0.3) is 16.7 Å². The summed E-state index contributed by atoms with van der Waals surface area (Å²) in [6.07, 6.45) is 9.52. The minimum atomic E-state index is -0.340. The fourth-order valence-corrected chi connectivity index (χ4v) is 4.46. The van der Waals surface area contributed by atoms with Gasteiger partial charge in [0, 0.05) is 30.7 Å². The molecule has 0 aromatic carbocycles.